The second kappa shape index (κ2) is 7.93. The van der Waals surface area contributed by atoms with Gasteiger partial charge in [0.05, 0.1) is 22.9 Å². The van der Waals surface area contributed by atoms with E-state index in [-0.39, 0.29) is 17.7 Å². The highest BCUT2D eigenvalue weighted by Gasteiger charge is 2.46. The van der Waals surface area contributed by atoms with E-state index < -0.39 is 19.7 Å². The highest BCUT2D eigenvalue weighted by molar-refractivity contribution is 7.69. The van der Waals surface area contributed by atoms with E-state index in [2.05, 4.69) is 4.98 Å². The van der Waals surface area contributed by atoms with Crippen molar-refractivity contribution in [3.63, 3.8) is 0 Å². The van der Waals surface area contributed by atoms with E-state index in [1.807, 2.05) is 6.07 Å². The average molecular weight is 509 g/mol. The number of ether oxygens (including phenoxy) is 1. The highest BCUT2D eigenvalue weighted by Crippen LogP contribution is 2.53. The van der Waals surface area contributed by atoms with Gasteiger partial charge in [-0.25, -0.2) is 9.50 Å². The Hall–Kier alpha value is -3.65. The van der Waals surface area contributed by atoms with Crippen LogP contribution >= 0.6 is 7.14 Å². The van der Waals surface area contributed by atoms with Crippen molar-refractivity contribution in [1.29, 1.82) is 0 Å². The first-order chi connectivity index (χ1) is 17.1. The molecule has 4 heterocycles. The van der Waals surface area contributed by atoms with Crippen LogP contribution in [0.1, 0.15) is 45.6 Å². The SMILES string of the molecule is CN1C(=O)c2cccc(OC(F)F)c2[C@H]2C[C@@H]1c1nn3ccc(-c4ccc(P(C)(C)=O)nc4)nc3c12. The predicted octanol–water partition coefficient (Wildman–Crippen LogP) is 4.30. The number of carbonyl (C=O) groups is 1. The number of aromatic nitrogens is 4. The topological polar surface area (TPSA) is 89.7 Å². The molecular weight excluding hydrogens is 487 g/mol. The molecule has 0 saturated heterocycles. The van der Waals surface area contributed by atoms with Crippen molar-refractivity contribution < 1.29 is 22.9 Å². The number of carbonyl (C=O) groups excluding carboxylic acids is 1. The maximum absolute atomic E-state index is 13.3. The minimum atomic E-state index is -3.02. The van der Waals surface area contributed by atoms with Crippen LogP contribution in [0.4, 0.5) is 8.78 Å². The molecule has 0 unspecified atom stereocenters. The summed E-state index contributed by atoms with van der Waals surface area (Å²) in [5, 5.41) is 4.73. The van der Waals surface area contributed by atoms with Gasteiger partial charge >= 0.3 is 6.61 Å². The molecule has 8 nitrogen and oxygen atoms in total. The lowest BCUT2D eigenvalue weighted by Gasteiger charge is -2.23. The van der Waals surface area contributed by atoms with E-state index >= 15 is 0 Å². The average Bonchev–Trinajstić information content (AvgIpc) is 3.36. The van der Waals surface area contributed by atoms with Crippen molar-refractivity contribution in [2.24, 2.45) is 0 Å². The summed E-state index contributed by atoms with van der Waals surface area (Å²) in [5.41, 5.74) is 4.78. The van der Waals surface area contributed by atoms with Crippen molar-refractivity contribution in [3.8, 4) is 17.0 Å². The summed E-state index contributed by atoms with van der Waals surface area (Å²) in [4.78, 5) is 24.1. The van der Waals surface area contributed by atoms with Crippen LogP contribution in [0.5, 0.6) is 5.75 Å². The lowest BCUT2D eigenvalue weighted by atomic mass is 9.89. The zero-order chi connectivity index (χ0) is 25.4. The minimum absolute atomic E-state index is 0.0124. The molecule has 0 fully saturated rings. The number of rotatable bonds is 4. The number of nitrogens with zero attached hydrogens (tertiary/aromatic N) is 5. The zero-order valence-corrected chi connectivity index (χ0v) is 20.6. The van der Waals surface area contributed by atoms with E-state index in [9.17, 15) is 18.1 Å². The molecule has 1 aromatic carbocycles. The van der Waals surface area contributed by atoms with Crippen molar-refractivity contribution in [2.45, 2.75) is 25.0 Å². The van der Waals surface area contributed by atoms with Gasteiger partial charge in [-0.05, 0) is 50.1 Å². The van der Waals surface area contributed by atoms with Crippen molar-refractivity contribution in [1.82, 2.24) is 24.5 Å². The Kier molecular flexibility index (Phi) is 5.02. The lowest BCUT2D eigenvalue weighted by molar-refractivity contribution is -0.0505. The number of hydrogen-bond donors (Lipinski definition) is 0. The molecule has 2 atom stereocenters. The summed E-state index contributed by atoms with van der Waals surface area (Å²) < 4.78 is 45.4. The van der Waals surface area contributed by atoms with E-state index in [0.29, 0.717) is 40.0 Å². The van der Waals surface area contributed by atoms with Gasteiger partial charge in [0.2, 0.25) is 0 Å². The van der Waals surface area contributed by atoms with Gasteiger partial charge in [0, 0.05) is 47.6 Å². The number of benzene rings is 1. The molecule has 1 amide bonds. The van der Waals surface area contributed by atoms with Crippen molar-refractivity contribution >= 4 is 24.1 Å². The Labute approximate surface area is 205 Å². The molecule has 6 rings (SSSR count). The normalized spacial score (nSPS) is 18.9. The first kappa shape index (κ1) is 22.8. The van der Waals surface area contributed by atoms with Crippen LogP contribution in [-0.2, 0) is 4.57 Å². The summed E-state index contributed by atoms with van der Waals surface area (Å²) in [6.45, 7) is 0.317. The molecule has 0 N–H and O–H groups in total. The van der Waals surface area contributed by atoms with Crippen LogP contribution in [0.25, 0.3) is 16.9 Å². The third-order valence-corrected chi connectivity index (χ3v) is 8.28. The van der Waals surface area contributed by atoms with Crippen LogP contribution in [0.3, 0.4) is 0 Å². The summed E-state index contributed by atoms with van der Waals surface area (Å²) in [7, 11) is -0.787. The van der Waals surface area contributed by atoms with Crippen LogP contribution in [0.2, 0.25) is 0 Å². The molecule has 1 aliphatic carbocycles. The van der Waals surface area contributed by atoms with Gasteiger partial charge in [-0.3, -0.25) is 9.78 Å². The van der Waals surface area contributed by atoms with E-state index in [0.717, 1.165) is 11.1 Å². The summed E-state index contributed by atoms with van der Waals surface area (Å²) in [5.74, 6) is -0.666. The van der Waals surface area contributed by atoms with Gasteiger partial charge in [0.1, 0.15) is 12.9 Å². The first-order valence-electron chi connectivity index (χ1n) is 11.4. The monoisotopic (exact) mass is 509 g/mol. The Morgan fingerprint density at radius 1 is 1.14 bits per heavy atom. The summed E-state index contributed by atoms with van der Waals surface area (Å²) >= 11 is 0. The molecule has 184 valence electrons. The van der Waals surface area contributed by atoms with Gasteiger partial charge in [-0.1, -0.05) is 6.07 Å². The fourth-order valence-corrected chi connectivity index (χ4v) is 6.01. The maximum atomic E-state index is 13.3. The van der Waals surface area contributed by atoms with Gasteiger partial charge < -0.3 is 14.2 Å². The van der Waals surface area contributed by atoms with Crippen LogP contribution < -0.4 is 10.2 Å². The van der Waals surface area contributed by atoms with Crippen LogP contribution in [-0.4, -0.2) is 57.4 Å². The molecule has 36 heavy (non-hydrogen) atoms. The molecule has 3 aromatic heterocycles. The second-order valence-electron chi connectivity index (χ2n) is 9.45. The number of pyridine rings is 1. The third-order valence-electron chi connectivity index (χ3n) is 6.92. The number of amides is 1. The molecule has 2 aliphatic rings. The Morgan fingerprint density at radius 2 is 1.94 bits per heavy atom. The molecule has 2 bridgehead atoms. The number of halogens is 2. The first-order valence-corrected chi connectivity index (χ1v) is 14.0. The molecule has 4 aromatic rings. The van der Waals surface area contributed by atoms with Gasteiger partial charge in [0.25, 0.3) is 5.91 Å². The Bertz CT molecular complexity index is 1580. The zero-order valence-electron chi connectivity index (χ0n) is 19.7. The van der Waals surface area contributed by atoms with Gasteiger partial charge in [-0.2, -0.15) is 13.9 Å². The minimum Gasteiger partial charge on any atom is -0.434 e. The third kappa shape index (κ3) is 3.43. The van der Waals surface area contributed by atoms with E-state index in [4.69, 9.17) is 14.8 Å². The van der Waals surface area contributed by atoms with E-state index in [1.165, 1.54) is 6.07 Å². The van der Waals surface area contributed by atoms with Crippen LogP contribution in [0.15, 0.2) is 48.8 Å². The summed E-state index contributed by atoms with van der Waals surface area (Å²) in [6.07, 6.45) is 3.92. The number of fused-ring (bicyclic) bond motifs is 9. The molecular formula is C25H22F2N5O3P. The summed E-state index contributed by atoms with van der Waals surface area (Å²) in [6, 6.07) is 9.72. The molecule has 1 aliphatic heterocycles. The highest BCUT2D eigenvalue weighted by atomic mass is 31.2. The maximum Gasteiger partial charge on any atom is 0.387 e. The fraction of sp³-hybridized carbons (Fsp3) is 0.280. The quantitative estimate of drug-likeness (QED) is 0.381. The standard InChI is InChI=1S/C25H22F2N5O3P/c1-31-17-11-15(20-14(24(31)33)5-4-6-18(20)35-25(26)27)21-22(17)30-32-10-9-16(29-23(21)32)13-7-8-19(28-12-13)36(2,3)34/h4-10,12,15,17,25H,11H2,1-3H3/t15-,17-/m1/s1. The lowest BCUT2D eigenvalue weighted by Crippen LogP contribution is -2.30. The fourth-order valence-electron chi connectivity index (χ4n) is 5.24. The van der Waals surface area contributed by atoms with Crippen LogP contribution in [0, 0.1) is 0 Å². The Balaban J connectivity index is 1.53. The van der Waals surface area contributed by atoms with Crippen molar-refractivity contribution in [3.05, 3.63) is 71.2 Å². The smallest absolute Gasteiger partial charge is 0.387 e. The largest absolute Gasteiger partial charge is 0.434 e. The number of hydrogen-bond acceptors (Lipinski definition) is 6. The molecule has 11 heteroatoms. The second-order valence-corrected chi connectivity index (χ2v) is 12.6. The number of alkyl halides is 2. The van der Waals surface area contributed by atoms with Gasteiger partial charge in [-0.15, -0.1) is 0 Å². The Morgan fingerprint density at radius 3 is 2.64 bits per heavy atom. The molecule has 0 saturated carbocycles. The van der Waals surface area contributed by atoms with Crippen molar-refractivity contribution in [2.75, 3.05) is 20.4 Å². The van der Waals surface area contributed by atoms with Gasteiger partial charge in [0.15, 0.2) is 5.65 Å². The van der Waals surface area contributed by atoms with E-state index in [1.54, 1.807) is 66.5 Å². The molecule has 0 spiro atoms. The molecule has 0 radical (unpaired) electrons. The predicted molar refractivity (Wildman–Crippen MR) is 130 cm³/mol.